The molecule has 7 heteroatoms. The van der Waals surface area contributed by atoms with Crippen LogP contribution in [0.3, 0.4) is 0 Å². The smallest absolute Gasteiger partial charge is 0.0964 e. The summed E-state index contributed by atoms with van der Waals surface area (Å²) in [7, 11) is 0. The Labute approximate surface area is 110 Å². The molecule has 98 valence electrons. The summed E-state index contributed by atoms with van der Waals surface area (Å²) in [6.07, 6.45) is 2.60. The molecule has 0 spiro atoms. The first-order chi connectivity index (χ1) is 8.78. The summed E-state index contributed by atoms with van der Waals surface area (Å²) in [5, 5.41) is 23.2. The van der Waals surface area contributed by atoms with Crippen LogP contribution < -0.4 is 5.32 Å². The molecule has 0 aliphatic carbocycles. The van der Waals surface area contributed by atoms with Crippen molar-refractivity contribution < 1.29 is 5.11 Å². The number of hydrogen-bond acceptors (Lipinski definition) is 6. The van der Waals surface area contributed by atoms with Gasteiger partial charge in [0, 0.05) is 37.8 Å². The summed E-state index contributed by atoms with van der Waals surface area (Å²) in [6.45, 7) is 4.30. The van der Waals surface area contributed by atoms with E-state index in [1.54, 1.807) is 16.0 Å². The zero-order valence-corrected chi connectivity index (χ0v) is 11.2. The van der Waals surface area contributed by atoms with Crippen molar-refractivity contribution in [2.24, 2.45) is 0 Å². The molecule has 0 atom stereocenters. The molecular weight excluding hydrogens is 250 g/mol. The van der Waals surface area contributed by atoms with Crippen LogP contribution >= 0.6 is 11.3 Å². The van der Waals surface area contributed by atoms with E-state index in [-0.39, 0.29) is 6.61 Å². The molecule has 6 nitrogen and oxygen atoms in total. The first-order valence-electron chi connectivity index (χ1n) is 5.89. The molecule has 2 N–H and O–H groups in total. The van der Waals surface area contributed by atoms with Crippen molar-refractivity contribution in [2.45, 2.75) is 33.0 Å². The third kappa shape index (κ3) is 3.86. The maximum atomic E-state index is 8.72. The summed E-state index contributed by atoms with van der Waals surface area (Å²) in [6, 6.07) is 0. The number of aliphatic hydroxyl groups is 1. The predicted octanol–water partition coefficient (Wildman–Crippen LogP) is 0.715. The van der Waals surface area contributed by atoms with Gasteiger partial charge >= 0.3 is 0 Å². The number of nitrogens with one attached hydrogen (secondary N) is 1. The third-order valence-corrected chi connectivity index (χ3v) is 3.23. The molecule has 2 aromatic rings. The Kier molecular flexibility index (Phi) is 4.80. The van der Waals surface area contributed by atoms with Crippen LogP contribution in [-0.4, -0.2) is 31.7 Å². The van der Waals surface area contributed by atoms with Crippen LogP contribution in [0, 0.1) is 6.92 Å². The molecule has 0 unspecified atom stereocenters. The lowest BCUT2D eigenvalue weighted by molar-refractivity contribution is 0.276. The number of aryl methyl sites for hydroxylation is 2. The van der Waals surface area contributed by atoms with Gasteiger partial charge in [0.05, 0.1) is 16.4 Å². The van der Waals surface area contributed by atoms with E-state index in [0.717, 1.165) is 22.9 Å². The van der Waals surface area contributed by atoms with E-state index in [0.29, 0.717) is 19.5 Å². The van der Waals surface area contributed by atoms with Crippen molar-refractivity contribution in [2.75, 3.05) is 6.61 Å². The topological polar surface area (TPSA) is 75.9 Å². The Morgan fingerprint density at radius 3 is 2.94 bits per heavy atom. The molecule has 18 heavy (non-hydrogen) atoms. The molecule has 0 aliphatic rings. The van der Waals surface area contributed by atoms with Crippen molar-refractivity contribution in [3.63, 3.8) is 0 Å². The van der Waals surface area contributed by atoms with E-state index in [1.165, 1.54) is 0 Å². The Bertz CT molecular complexity index is 481. The molecule has 2 aromatic heterocycles. The molecular formula is C11H17N5OS. The highest BCUT2D eigenvalue weighted by Crippen LogP contribution is 2.07. The SMILES string of the molecule is Cc1nc(CNCc2cn(CCCO)nn2)cs1. The van der Waals surface area contributed by atoms with Gasteiger partial charge in [-0.2, -0.15) is 0 Å². The molecule has 0 bridgehead atoms. The van der Waals surface area contributed by atoms with Crippen LogP contribution in [0.5, 0.6) is 0 Å². The highest BCUT2D eigenvalue weighted by Gasteiger charge is 2.01. The lowest BCUT2D eigenvalue weighted by Crippen LogP contribution is -2.13. The fourth-order valence-electron chi connectivity index (χ4n) is 1.57. The average molecular weight is 267 g/mol. The second-order valence-electron chi connectivity index (χ2n) is 4.01. The molecule has 0 fully saturated rings. The van der Waals surface area contributed by atoms with Gasteiger partial charge in [0.25, 0.3) is 0 Å². The number of aromatic nitrogens is 4. The van der Waals surface area contributed by atoms with E-state index < -0.39 is 0 Å². The first kappa shape index (κ1) is 13.1. The van der Waals surface area contributed by atoms with E-state index in [1.807, 2.05) is 13.1 Å². The van der Waals surface area contributed by atoms with Crippen LogP contribution in [0.2, 0.25) is 0 Å². The van der Waals surface area contributed by atoms with Gasteiger partial charge < -0.3 is 10.4 Å². The lowest BCUT2D eigenvalue weighted by Gasteiger charge is -1.98. The van der Waals surface area contributed by atoms with E-state index in [9.17, 15) is 0 Å². The van der Waals surface area contributed by atoms with Crippen molar-refractivity contribution in [3.8, 4) is 0 Å². The van der Waals surface area contributed by atoms with Crippen LogP contribution in [0.15, 0.2) is 11.6 Å². The second kappa shape index (κ2) is 6.58. The summed E-state index contributed by atoms with van der Waals surface area (Å²) in [5.41, 5.74) is 1.96. The highest BCUT2D eigenvalue weighted by atomic mass is 32.1. The van der Waals surface area contributed by atoms with E-state index in [2.05, 4.69) is 26.0 Å². The van der Waals surface area contributed by atoms with Gasteiger partial charge in [0.2, 0.25) is 0 Å². The Balaban J connectivity index is 1.74. The van der Waals surface area contributed by atoms with E-state index in [4.69, 9.17) is 5.11 Å². The Morgan fingerprint density at radius 2 is 2.22 bits per heavy atom. The monoisotopic (exact) mass is 267 g/mol. The minimum Gasteiger partial charge on any atom is -0.396 e. The van der Waals surface area contributed by atoms with Gasteiger partial charge in [-0.15, -0.1) is 16.4 Å². The maximum absolute atomic E-state index is 8.72. The van der Waals surface area contributed by atoms with Gasteiger partial charge in [0.15, 0.2) is 0 Å². The second-order valence-corrected chi connectivity index (χ2v) is 5.07. The van der Waals surface area contributed by atoms with Crippen LogP contribution in [0.4, 0.5) is 0 Å². The van der Waals surface area contributed by atoms with Crippen molar-refractivity contribution in [1.29, 1.82) is 0 Å². The number of rotatable bonds is 7. The molecule has 0 radical (unpaired) electrons. The first-order valence-corrected chi connectivity index (χ1v) is 6.77. The zero-order valence-electron chi connectivity index (χ0n) is 10.3. The zero-order chi connectivity index (χ0) is 12.8. The lowest BCUT2D eigenvalue weighted by atomic mass is 10.4. The summed E-state index contributed by atoms with van der Waals surface area (Å²) >= 11 is 1.66. The summed E-state index contributed by atoms with van der Waals surface area (Å²) in [5.74, 6) is 0. The van der Waals surface area contributed by atoms with Gasteiger partial charge in [-0.3, -0.25) is 4.68 Å². The Hall–Kier alpha value is -1.31. The molecule has 2 rings (SSSR count). The minimum atomic E-state index is 0.177. The summed E-state index contributed by atoms with van der Waals surface area (Å²) < 4.78 is 1.75. The van der Waals surface area contributed by atoms with Crippen molar-refractivity contribution in [1.82, 2.24) is 25.3 Å². The molecule has 0 saturated carbocycles. The quantitative estimate of drug-likeness (QED) is 0.773. The fourth-order valence-corrected chi connectivity index (χ4v) is 2.18. The molecule has 2 heterocycles. The largest absolute Gasteiger partial charge is 0.396 e. The third-order valence-electron chi connectivity index (χ3n) is 2.41. The molecule has 0 aromatic carbocycles. The van der Waals surface area contributed by atoms with Crippen LogP contribution in [-0.2, 0) is 19.6 Å². The fraction of sp³-hybridized carbons (Fsp3) is 0.545. The van der Waals surface area contributed by atoms with Crippen molar-refractivity contribution >= 4 is 11.3 Å². The van der Waals surface area contributed by atoms with Gasteiger partial charge in [-0.25, -0.2) is 4.98 Å². The standard InChI is InChI=1S/C11H17N5OS/c1-9-13-11(8-18-9)6-12-5-10-7-16(15-14-10)3-2-4-17/h7-8,12,17H,2-6H2,1H3. The minimum absolute atomic E-state index is 0.177. The normalized spacial score (nSPS) is 11.0. The average Bonchev–Trinajstić information content (AvgIpc) is 2.96. The van der Waals surface area contributed by atoms with Crippen molar-refractivity contribution in [3.05, 3.63) is 28.0 Å². The molecule has 0 amide bonds. The van der Waals surface area contributed by atoms with Crippen LogP contribution in [0.25, 0.3) is 0 Å². The molecule has 0 aliphatic heterocycles. The summed E-state index contributed by atoms with van der Waals surface area (Å²) in [4.78, 5) is 4.37. The number of hydrogen-bond donors (Lipinski definition) is 2. The van der Waals surface area contributed by atoms with Crippen LogP contribution in [0.1, 0.15) is 22.8 Å². The van der Waals surface area contributed by atoms with Gasteiger partial charge in [-0.05, 0) is 13.3 Å². The number of nitrogens with zero attached hydrogens (tertiary/aromatic N) is 4. The maximum Gasteiger partial charge on any atom is 0.0964 e. The Morgan fingerprint density at radius 1 is 1.39 bits per heavy atom. The van der Waals surface area contributed by atoms with Gasteiger partial charge in [-0.1, -0.05) is 5.21 Å². The number of thiazole rings is 1. The van der Waals surface area contributed by atoms with Gasteiger partial charge in [0.1, 0.15) is 0 Å². The highest BCUT2D eigenvalue weighted by molar-refractivity contribution is 7.09. The predicted molar refractivity (Wildman–Crippen MR) is 69.1 cm³/mol. The molecule has 0 saturated heterocycles. The number of aliphatic hydroxyl groups excluding tert-OH is 1. The van der Waals surface area contributed by atoms with E-state index >= 15 is 0 Å².